The Bertz CT molecular complexity index is 729. The van der Waals surface area contributed by atoms with Crippen molar-refractivity contribution in [3.05, 3.63) is 65.5 Å². The van der Waals surface area contributed by atoms with Crippen molar-refractivity contribution in [2.75, 3.05) is 12.4 Å². The minimum Gasteiger partial charge on any atom is -0.325 e. The van der Waals surface area contributed by atoms with Crippen molar-refractivity contribution in [2.24, 2.45) is 0 Å². The van der Waals surface area contributed by atoms with E-state index in [-0.39, 0.29) is 18.0 Å². The van der Waals surface area contributed by atoms with Gasteiger partial charge in [-0.1, -0.05) is 18.2 Å². The predicted molar refractivity (Wildman–Crippen MR) is 87.4 cm³/mol. The average Bonchev–Trinajstić information content (AvgIpc) is 2.55. The maximum Gasteiger partial charge on any atom is 0.416 e. The number of nitrogens with one attached hydrogen (secondary N) is 1. The molecule has 0 unspecified atom stereocenters. The number of nitrogens with zero attached hydrogens (tertiary/aromatic N) is 1. The molecule has 1 amide bonds. The number of carbonyl (C=O) groups excluding carboxylic acids is 1. The Labute approximate surface area is 143 Å². The first-order valence-electron chi connectivity index (χ1n) is 7.60. The second-order valence-corrected chi connectivity index (χ2v) is 5.75. The number of carbonyl (C=O) groups is 1. The van der Waals surface area contributed by atoms with Crippen LogP contribution in [0, 0.1) is 5.82 Å². The fraction of sp³-hybridized carbons (Fsp3) is 0.278. The lowest BCUT2D eigenvalue weighted by molar-refractivity contribution is -0.137. The standard InChI is InChI=1S/C18H18F4N2O/c1-12(24(2)11-13-5-3-4-6-16(13)19)17(25)23-15-9-7-14(8-10-15)18(20,21)22/h3-10,12H,11H2,1-2H3,(H,23,25)/t12-/m0/s1. The number of amides is 1. The monoisotopic (exact) mass is 354 g/mol. The Hall–Kier alpha value is -2.41. The SMILES string of the molecule is C[C@@H](C(=O)Nc1ccc(C(F)(F)F)cc1)N(C)Cc1ccccc1F. The molecular formula is C18H18F4N2O. The summed E-state index contributed by atoms with van der Waals surface area (Å²) in [6, 6.07) is 9.88. The summed E-state index contributed by atoms with van der Waals surface area (Å²) in [6.07, 6.45) is -4.42. The zero-order chi connectivity index (χ0) is 18.6. The Morgan fingerprint density at radius 1 is 1.12 bits per heavy atom. The molecule has 1 atom stereocenters. The summed E-state index contributed by atoms with van der Waals surface area (Å²) in [5.74, 6) is -0.747. The molecule has 134 valence electrons. The van der Waals surface area contributed by atoms with Crippen molar-refractivity contribution in [3.63, 3.8) is 0 Å². The zero-order valence-electron chi connectivity index (χ0n) is 13.8. The quantitative estimate of drug-likeness (QED) is 0.812. The number of halogens is 4. The van der Waals surface area contributed by atoms with Gasteiger partial charge in [-0.2, -0.15) is 13.2 Å². The smallest absolute Gasteiger partial charge is 0.325 e. The molecule has 0 fully saturated rings. The van der Waals surface area contributed by atoms with Gasteiger partial charge in [-0.3, -0.25) is 9.69 Å². The van der Waals surface area contributed by atoms with Crippen molar-refractivity contribution >= 4 is 11.6 Å². The van der Waals surface area contributed by atoms with Crippen molar-refractivity contribution in [2.45, 2.75) is 25.7 Å². The lowest BCUT2D eigenvalue weighted by Crippen LogP contribution is -2.39. The summed E-state index contributed by atoms with van der Waals surface area (Å²) in [5, 5.41) is 2.56. The Morgan fingerprint density at radius 2 is 1.72 bits per heavy atom. The Kier molecular flexibility index (Phi) is 5.79. The molecule has 0 saturated carbocycles. The summed E-state index contributed by atoms with van der Waals surface area (Å²) in [4.78, 5) is 13.9. The van der Waals surface area contributed by atoms with Gasteiger partial charge in [0.2, 0.25) is 5.91 Å². The average molecular weight is 354 g/mol. The van der Waals surface area contributed by atoms with Crippen LogP contribution in [0.1, 0.15) is 18.1 Å². The molecule has 0 bridgehead atoms. The van der Waals surface area contributed by atoms with E-state index in [9.17, 15) is 22.4 Å². The zero-order valence-corrected chi connectivity index (χ0v) is 13.8. The van der Waals surface area contributed by atoms with Crippen molar-refractivity contribution in [1.82, 2.24) is 4.90 Å². The third-order valence-corrected chi connectivity index (χ3v) is 3.90. The molecule has 7 heteroatoms. The predicted octanol–water partition coefficient (Wildman–Crippen LogP) is 4.30. The molecule has 0 aliphatic rings. The third kappa shape index (κ3) is 5.03. The highest BCUT2D eigenvalue weighted by molar-refractivity contribution is 5.94. The van der Waals surface area contributed by atoms with Crippen LogP contribution < -0.4 is 5.32 Å². The maximum absolute atomic E-state index is 13.7. The summed E-state index contributed by atoms with van der Waals surface area (Å²) in [6.45, 7) is 1.87. The highest BCUT2D eigenvalue weighted by Gasteiger charge is 2.30. The van der Waals surface area contributed by atoms with E-state index in [0.717, 1.165) is 12.1 Å². The van der Waals surface area contributed by atoms with Crippen LogP contribution in [0.5, 0.6) is 0 Å². The summed E-state index contributed by atoms with van der Waals surface area (Å²) in [5.41, 5.74) is -0.0569. The molecule has 0 saturated heterocycles. The van der Waals surface area contributed by atoms with Crippen molar-refractivity contribution in [3.8, 4) is 0 Å². The molecule has 2 rings (SSSR count). The molecule has 2 aromatic rings. The minimum atomic E-state index is -4.42. The Morgan fingerprint density at radius 3 is 2.28 bits per heavy atom. The van der Waals surface area contributed by atoms with E-state index in [0.29, 0.717) is 5.56 Å². The van der Waals surface area contributed by atoms with E-state index < -0.39 is 23.7 Å². The topological polar surface area (TPSA) is 32.3 Å². The molecule has 0 heterocycles. The van der Waals surface area contributed by atoms with E-state index in [1.165, 1.54) is 18.2 Å². The molecule has 0 radical (unpaired) electrons. The number of benzene rings is 2. The lowest BCUT2D eigenvalue weighted by Gasteiger charge is -2.24. The van der Waals surface area contributed by atoms with Gasteiger partial charge in [0.15, 0.2) is 0 Å². The maximum atomic E-state index is 13.7. The van der Waals surface area contributed by atoms with Crippen LogP contribution in [-0.4, -0.2) is 23.9 Å². The molecule has 0 spiro atoms. The molecule has 0 aliphatic carbocycles. The number of hydrogen-bond donors (Lipinski definition) is 1. The molecule has 2 aromatic carbocycles. The second-order valence-electron chi connectivity index (χ2n) is 5.75. The summed E-state index contributed by atoms with van der Waals surface area (Å²) < 4.78 is 51.3. The number of hydrogen-bond acceptors (Lipinski definition) is 2. The van der Waals surface area contributed by atoms with Crippen molar-refractivity contribution in [1.29, 1.82) is 0 Å². The molecule has 0 aliphatic heterocycles. The molecule has 3 nitrogen and oxygen atoms in total. The van der Waals surface area contributed by atoms with E-state index in [4.69, 9.17) is 0 Å². The summed E-state index contributed by atoms with van der Waals surface area (Å²) in [7, 11) is 1.67. The number of alkyl halides is 3. The van der Waals surface area contributed by atoms with Gasteiger partial charge in [0.25, 0.3) is 0 Å². The van der Waals surface area contributed by atoms with Crippen LogP contribution in [0.2, 0.25) is 0 Å². The normalized spacial score (nSPS) is 12.9. The van der Waals surface area contributed by atoms with Gasteiger partial charge in [-0.15, -0.1) is 0 Å². The molecular weight excluding hydrogens is 336 g/mol. The highest BCUT2D eigenvalue weighted by atomic mass is 19.4. The van der Waals surface area contributed by atoms with Gasteiger partial charge in [-0.25, -0.2) is 4.39 Å². The largest absolute Gasteiger partial charge is 0.416 e. The molecule has 25 heavy (non-hydrogen) atoms. The van der Waals surface area contributed by atoms with Crippen LogP contribution in [0.15, 0.2) is 48.5 Å². The van der Waals surface area contributed by atoms with Crippen molar-refractivity contribution < 1.29 is 22.4 Å². The van der Waals surface area contributed by atoms with Crippen LogP contribution >= 0.6 is 0 Å². The van der Waals surface area contributed by atoms with Crippen LogP contribution in [0.3, 0.4) is 0 Å². The van der Waals surface area contributed by atoms with Gasteiger partial charge in [0.05, 0.1) is 11.6 Å². The van der Waals surface area contributed by atoms with Gasteiger partial charge in [0, 0.05) is 17.8 Å². The third-order valence-electron chi connectivity index (χ3n) is 3.90. The van der Waals surface area contributed by atoms with E-state index in [2.05, 4.69) is 5.32 Å². The number of anilines is 1. The van der Waals surface area contributed by atoms with Gasteiger partial charge in [0.1, 0.15) is 5.82 Å². The highest BCUT2D eigenvalue weighted by Crippen LogP contribution is 2.29. The van der Waals surface area contributed by atoms with Gasteiger partial charge < -0.3 is 5.32 Å². The summed E-state index contributed by atoms with van der Waals surface area (Å²) >= 11 is 0. The first-order chi connectivity index (χ1) is 11.7. The number of likely N-dealkylation sites (N-methyl/N-ethyl adjacent to an activating group) is 1. The van der Waals surface area contributed by atoms with Crippen LogP contribution in [-0.2, 0) is 17.5 Å². The van der Waals surface area contributed by atoms with Gasteiger partial charge in [-0.05, 0) is 44.3 Å². The minimum absolute atomic E-state index is 0.230. The van der Waals surface area contributed by atoms with E-state index in [1.807, 2.05) is 0 Å². The van der Waals surface area contributed by atoms with Crippen LogP contribution in [0.4, 0.5) is 23.2 Å². The lowest BCUT2D eigenvalue weighted by atomic mass is 10.1. The second kappa shape index (κ2) is 7.65. The van der Waals surface area contributed by atoms with E-state index in [1.54, 1.807) is 37.1 Å². The molecule has 1 N–H and O–H groups in total. The first-order valence-corrected chi connectivity index (χ1v) is 7.60. The first kappa shape index (κ1) is 18.9. The van der Waals surface area contributed by atoms with E-state index >= 15 is 0 Å². The fourth-order valence-corrected chi connectivity index (χ4v) is 2.22. The van der Waals surface area contributed by atoms with Crippen LogP contribution in [0.25, 0.3) is 0 Å². The fourth-order valence-electron chi connectivity index (χ4n) is 2.22. The Balaban J connectivity index is 1.98. The molecule has 0 aromatic heterocycles. The number of rotatable bonds is 5. The van der Waals surface area contributed by atoms with Gasteiger partial charge >= 0.3 is 6.18 Å².